The molecule has 1 aliphatic carbocycles. The fourth-order valence-electron chi connectivity index (χ4n) is 5.06. The molecule has 4 heterocycles. The summed E-state index contributed by atoms with van der Waals surface area (Å²) in [5.74, 6) is 0.791. The number of aromatic hydroxyl groups is 1. The van der Waals surface area contributed by atoms with Crippen LogP contribution in [0.15, 0.2) is 79.1 Å². The molecule has 6 aromatic rings. The molecule has 2 radical (unpaired) electrons. The lowest BCUT2D eigenvalue weighted by atomic mass is 9.93. The molecule has 0 bridgehead atoms. The van der Waals surface area contributed by atoms with Crippen LogP contribution in [0.1, 0.15) is 38.3 Å². The zero-order valence-corrected chi connectivity index (χ0v) is 24.3. The van der Waals surface area contributed by atoms with Crippen LogP contribution in [0.25, 0.3) is 34.1 Å². The van der Waals surface area contributed by atoms with E-state index < -0.39 is 11.6 Å². The van der Waals surface area contributed by atoms with Gasteiger partial charge in [0.25, 0.3) is 0 Å². The van der Waals surface area contributed by atoms with Crippen molar-refractivity contribution in [2.24, 2.45) is 5.73 Å². The maximum absolute atomic E-state index is 13.5. The van der Waals surface area contributed by atoms with Gasteiger partial charge in [-0.2, -0.15) is 4.39 Å². The second-order valence-corrected chi connectivity index (χ2v) is 9.87. The van der Waals surface area contributed by atoms with Crippen molar-refractivity contribution in [1.29, 1.82) is 0 Å². The van der Waals surface area contributed by atoms with Crippen LogP contribution in [-0.2, 0) is 12.8 Å². The Morgan fingerprint density at radius 1 is 1.02 bits per heavy atom. The summed E-state index contributed by atoms with van der Waals surface area (Å²) in [5, 5.41) is 12.9. The molecule has 4 aromatic heterocycles. The number of rotatable bonds is 5. The van der Waals surface area contributed by atoms with Crippen LogP contribution in [0.4, 0.5) is 10.2 Å². The SMILES string of the molecule is CN.Nc1ncccc1-c1nc2ccc(-n3ccc(F)n3)nc2n1-c1ccc2c(c1)CCC2.[B]C(=O)c1cc(C=O)ccc1O. The lowest BCUT2D eigenvalue weighted by Gasteiger charge is -2.12. The van der Waals surface area contributed by atoms with E-state index in [-0.39, 0.29) is 11.3 Å². The molecule has 45 heavy (non-hydrogen) atoms. The minimum atomic E-state index is -0.754. The van der Waals surface area contributed by atoms with Gasteiger partial charge < -0.3 is 21.4 Å². The zero-order valence-electron chi connectivity index (χ0n) is 24.3. The zero-order chi connectivity index (χ0) is 32.1. The van der Waals surface area contributed by atoms with Gasteiger partial charge in [-0.3, -0.25) is 9.36 Å². The predicted octanol–water partition coefficient (Wildman–Crippen LogP) is 3.97. The van der Waals surface area contributed by atoms with Gasteiger partial charge in [0.2, 0.25) is 5.95 Å². The van der Waals surface area contributed by atoms with Crippen molar-refractivity contribution in [3.05, 3.63) is 107 Å². The molecule has 224 valence electrons. The number of nitrogen functional groups attached to an aromatic ring is 1. The quantitative estimate of drug-likeness (QED) is 0.195. The molecule has 0 amide bonds. The van der Waals surface area contributed by atoms with Gasteiger partial charge >= 0.3 is 0 Å². The van der Waals surface area contributed by atoms with E-state index in [2.05, 4.69) is 34.0 Å². The van der Waals surface area contributed by atoms with E-state index in [9.17, 15) is 14.0 Å². The van der Waals surface area contributed by atoms with Gasteiger partial charge in [0, 0.05) is 35.3 Å². The van der Waals surface area contributed by atoms with Gasteiger partial charge in [0.15, 0.2) is 25.1 Å². The number of anilines is 1. The van der Waals surface area contributed by atoms with Crippen molar-refractivity contribution >= 4 is 36.8 Å². The number of carbonyl (C=O) groups excluding carboxylic acids is 2. The number of aromatic nitrogens is 6. The molecule has 0 atom stereocenters. The summed E-state index contributed by atoms with van der Waals surface area (Å²) < 4.78 is 16.9. The molecular formula is C32H28BFN8O3. The Morgan fingerprint density at radius 3 is 2.53 bits per heavy atom. The van der Waals surface area contributed by atoms with Gasteiger partial charge in [-0.05, 0) is 92.0 Å². The number of hydrogen-bond donors (Lipinski definition) is 3. The number of phenols is 1. The number of nitrogens with zero attached hydrogens (tertiary/aromatic N) is 6. The number of phenolic OH excluding ortho intramolecular Hbond substituents is 1. The van der Waals surface area contributed by atoms with Gasteiger partial charge in [0.05, 0.1) is 5.56 Å². The summed E-state index contributed by atoms with van der Waals surface area (Å²) in [4.78, 5) is 34.7. The first-order chi connectivity index (χ1) is 21.8. The number of aldehydes is 1. The maximum atomic E-state index is 13.5. The topological polar surface area (TPSA) is 168 Å². The number of aryl methyl sites for hydroxylation is 2. The van der Waals surface area contributed by atoms with Crippen molar-refractivity contribution in [1.82, 2.24) is 29.3 Å². The summed E-state index contributed by atoms with van der Waals surface area (Å²) in [6, 6.07) is 19.0. The molecule has 11 nitrogen and oxygen atoms in total. The highest BCUT2D eigenvalue weighted by molar-refractivity contribution is 6.62. The second-order valence-electron chi connectivity index (χ2n) is 9.87. The van der Waals surface area contributed by atoms with E-state index in [0.29, 0.717) is 40.5 Å². The molecule has 0 saturated carbocycles. The van der Waals surface area contributed by atoms with E-state index in [1.54, 1.807) is 18.5 Å². The Balaban J connectivity index is 0.000000242. The van der Waals surface area contributed by atoms with E-state index in [4.69, 9.17) is 28.7 Å². The first kappa shape index (κ1) is 30.8. The van der Waals surface area contributed by atoms with Crippen LogP contribution in [-0.4, -0.2) is 61.3 Å². The summed E-state index contributed by atoms with van der Waals surface area (Å²) in [6.45, 7) is 0. The van der Waals surface area contributed by atoms with Crippen LogP contribution >= 0.6 is 0 Å². The Morgan fingerprint density at radius 2 is 1.82 bits per heavy atom. The highest BCUT2D eigenvalue weighted by atomic mass is 19.1. The smallest absolute Gasteiger partial charge is 0.233 e. The van der Waals surface area contributed by atoms with Crippen LogP contribution in [0.5, 0.6) is 5.75 Å². The molecule has 5 N–H and O–H groups in total. The molecule has 0 fully saturated rings. The van der Waals surface area contributed by atoms with Gasteiger partial charge in [-0.1, -0.05) is 6.07 Å². The summed E-state index contributed by atoms with van der Waals surface area (Å²) >= 11 is 0. The molecule has 7 rings (SSSR count). The number of imidazole rings is 1. The fraction of sp³-hybridized carbons (Fsp3) is 0.125. The highest BCUT2D eigenvalue weighted by Gasteiger charge is 2.20. The fourth-order valence-corrected chi connectivity index (χ4v) is 5.06. The Labute approximate surface area is 258 Å². The normalized spacial score (nSPS) is 11.6. The van der Waals surface area contributed by atoms with Gasteiger partial charge in [0.1, 0.15) is 29.1 Å². The average molecular weight is 602 g/mol. The Bertz CT molecular complexity index is 2020. The first-order valence-electron chi connectivity index (χ1n) is 13.9. The molecule has 2 aromatic carbocycles. The molecule has 0 saturated heterocycles. The summed E-state index contributed by atoms with van der Waals surface area (Å²) in [5.41, 5.74) is 16.0. The number of hydrogen-bond acceptors (Lipinski definition) is 9. The van der Waals surface area contributed by atoms with Crippen LogP contribution < -0.4 is 11.5 Å². The first-order valence-corrected chi connectivity index (χ1v) is 13.9. The largest absolute Gasteiger partial charge is 0.507 e. The highest BCUT2D eigenvalue weighted by Crippen LogP contribution is 2.33. The number of nitrogens with two attached hydrogens (primary N) is 2. The van der Waals surface area contributed by atoms with E-state index in [1.807, 2.05) is 22.8 Å². The third kappa shape index (κ3) is 6.33. The lowest BCUT2D eigenvalue weighted by Crippen LogP contribution is -2.04. The van der Waals surface area contributed by atoms with Crippen LogP contribution in [0, 0.1) is 5.95 Å². The third-order valence-electron chi connectivity index (χ3n) is 7.12. The molecule has 0 aliphatic heterocycles. The number of benzene rings is 2. The number of pyridine rings is 2. The predicted molar refractivity (Wildman–Crippen MR) is 169 cm³/mol. The van der Waals surface area contributed by atoms with Crippen molar-refractivity contribution in [3.63, 3.8) is 0 Å². The van der Waals surface area contributed by atoms with Crippen molar-refractivity contribution in [3.8, 4) is 28.6 Å². The van der Waals surface area contributed by atoms with E-state index in [0.717, 1.165) is 24.1 Å². The molecule has 0 unspecified atom stereocenters. The number of carbonyl (C=O) groups is 2. The van der Waals surface area contributed by atoms with Gasteiger partial charge in [-0.25, -0.2) is 19.6 Å². The monoisotopic (exact) mass is 602 g/mol. The van der Waals surface area contributed by atoms with E-state index >= 15 is 0 Å². The average Bonchev–Trinajstić information content (AvgIpc) is 3.80. The Kier molecular flexibility index (Phi) is 9.10. The summed E-state index contributed by atoms with van der Waals surface area (Å²) in [6.07, 6.45) is 7.11. The minimum Gasteiger partial charge on any atom is -0.507 e. The standard InChI is InChI=1S/C23H18FN7.C8H5BO3.CH5N/c24-19-10-12-30(29-19)20-9-8-18-23(28-20)31(16-7-6-14-3-1-4-15(14)13-16)22(27-18)17-5-2-11-26-21(17)25;9-8(12)6-3-5(4-10)1-2-7(6)11;1-2/h2,5-13H,1,3-4H2,(H2,25,26);1-4,11H;2H2,1H3. The number of halogens is 1. The van der Waals surface area contributed by atoms with Crippen LogP contribution in [0.2, 0.25) is 0 Å². The van der Waals surface area contributed by atoms with Crippen LogP contribution in [0.3, 0.4) is 0 Å². The van der Waals surface area contributed by atoms with Crippen molar-refractivity contribution in [2.45, 2.75) is 19.3 Å². The maximum Gasteiger partial charge on any atom is 0.233 e. The van der Waals surface area contributed by atoms with Crippen molar-refractivity contribution < 1.29 is 19.1 Å². The molecular weight excluding hydrogens is 574 g/mol. The minimum absolute atomic E-state index is 0.0420. The molecule has 1 aliphatic rings. The van der Waals surface area contributed by atoms with Crippen molar-refractivity contribution in [2.75, 3.05) is 12.8 Å². The number of fused-ring (bicyclic) bond motifs is 2. The second kappa shape index (κ2) is 13.3. The summed E-state index contributed by atoms with van der Waals surface area (Å²) in [7, 11) is 6.42. The molecule has 13 heteroatoms. The Hall–Kier alpha value is -5.69. The molecule has 0 spiro atoms. The lowest BCUT2D eigenvalue weighted by molar-refractivity contribution is 0.107. The van der Waals surface area contributed by atoms with Gasteiger partial charge in [-0.15, -0.1) is 5.10 Å². The van der Waals surface area contributed by atoms with E-state index in [1.165, 1.54) is 53.5 Å². The third-order valence-corrected chi connectivity index (χ3v) is 7.12.